The zero-order valence-corrected chi connectivity index (χ0v) is 12.1. The minimum Gasteiger partial charge on any atom is -0.419 e. The van der Waals surface area contributed by atoms with Gasteiger partial charge in [-0.3, -0.25) is 0 Å². The van der Waals surface area contributed by atoms with Gasteiger partial charge in [0.15, 0.2) is 0 Å². The molecule has 0 aliphatic heterocycles. The molecule has 1 aromatic heterocycles. The van der Waals surface area contributed by atoms with Gasteiger partial charge >= 0.3 is 0 Å². The molecule has 0 saturated heterocycles. The van der Waals surface area contributed by atoms with Crippen LogP contribution in [0.2, 0.25) is 0 Å². The highest BCUT2D eigenvalue weighted by molar-refractivity contribution is 9.10. The lowest BCUT2D eigenvalue weighted by atomic mass is 10.2. The highest BCUT2D eigenvalue weighted by Crippen LogP contribution is 2.31. The third-order valence-corrected chi connectivity index (χ3v) is 3.96. The average Bonchev–Trinajstić information content (AvgIpc) is 2.80. The summed E-state index contributed by atoms with van der Waals surface area (Å²) in [5, 5.41) is 7.84. The molecule has 0 aliphatic carbocycles. The molecule has 0 radical (unpaired) electrons. The highest BCUT2D eigenvalue weighted by atomic mass is 79.9. The molecule has 1 heterocycles. The Hall–Kier alpha value is -0.750. The van der Waals surface area contributed by atoms with Crippen molar-refractivity contribution in [3.05, 3.63) is 34.4 Å². The Morgan fingerprint density at radius 2 is 2.18 bits per heavy atom. The monoisotopic (exact) mass is 362 g/mol. The molecule has 0 saturated carbocycles. The van der Waals surface area contributed by atoms with Crippen LogP contribution in [-0.2, 0) is 0 Å². The number of alkyl halides is 1. The fourth-order valence-electron chi connectivity index (χ4n) is 1.31. The molecule has 1 unspecified atom stereocenters. The van der Waals surface area contributed by atoms with Crippen molar-refractivity contribution in [1.29, 1.82) is 0 Å². The Labute approximate surface area is 115 Å². The van der Waals surface area contributed by atoms with Crippen molar-refractivity contribution in [3.63, 3.8) is 0 Å². The summed E-state index contributed by atoms with van der Waals surface area (Å²) in [6.07, 6.45) is 0.839. The smallest absolute Gasteiger partial charge is 0.249 e. The minimum absolute atomic E-state index is 0.0242. The summed E-state index contributed by atoms with van der Waals surface area (Å²) in [4.78, 5) is 0.0242. The van der Waals surface area contributed by atoms with Crippen LogP contribution in [-0.4, -0.2) is 10.2 Å². The minimum atomic E-state index is -0.339. The van der Waals surface area contributed by atoms with Crippen LogP contribution in [0.4, 0.5) is 4.39 Å². The first-order valence-electron chi connectivity index (χ1n) is 5.04. The lowest BCUT2D eigenvalue weighted by molar-refractivity contribution is 0.499. The predicted molar refractivity (Wildman–Crippen MR) is 69.4 cm³/mol. The third kappa shape index (κ3) is 2.74. The Balaban J connectivity index is 2.40. The third-order valence-electron chi connectivity index (χ3n) is 2.23. The van der Waals surface area contributed by atoms with Crippen molar-refractivity contribution in [3.8, 4) is 11.5 Å². The molecule has 0 aliphatic rings. The first kappa shape index (κ1) is 12.7. The van der Waals surface area contributed by atoms with Gasteiger partial charge in [-0.15, -0.1) is 10.2 Å². The molecule has 17 heavy (non-hydrogen) atoms. The molecule has 0 fully saturated rings. The Bertz CT molecular complexity index is 530. The highest BCUT2D eigenvalue weighted by Gasteiger charge is 2.16. The number of benzene rings is 1. The van der Waals surface area contributed by atoms with E-state index in [0.29, 0.717) is 17.3 Å². The molecule has 0 bridgehead atoms. The second-order valence-electron chi connectivity index (χ2n) is 3.45. The van der Waals surface area contributed by atoms with Crippen molar-refractivity contribution in [2.45, 2.75) is 18.2 Å². The van der Waals surface area contributed by atoms with Crippen LogP contribution in [0.3, 0.4) is 0 Å². The Kier molecular flexibility index (Phi) is 3.93. The summed E-state index contributed by atoms with van der Waals surface area (Å²) < 4.78 is 19.4. The first-order valence-corrected chi connectivity index (χ1v) is 6.75. The van der Waals surface area contributed by atoms with E-state index >= 15 is 0 Å². The summed E-state index contributed by atoms with van der Waals surface area (Å²) in [5.74, 6) is 0.469. The number of hydrogen-bond donors (Lipinski definition) is 0. The summed E-state index contributed by atoms with van der Waals surface area (Å²) in [6, 6.07) is 4.33. The fraction of sp³-hybridized carbons (Fsp3) is 0.273. The van der Waals surface area contributed by atoms with Gasteiger partial charge in [-0.05, 0) is 40.5 Å². The van der Waals surface area contributed by atoms with Gasteiger partial charge in [0.25, 0.3) is 0 Å². The molecule has 2 rings (SSSR count). The van der Waals surface area contributed by atoms with E-state index in [1.807, 2.05) is 6.92 Å². The van der Waals surface area contributed by atoms with E-state index in [1.165, 1.54) is 12.1 Å². The summed E-state index contributed by atoms with van der Waals surface area (Å²) in [7, 11) is 0. The van der Waals surface area contributed by atoms with Crippen LogP contribution in [0.1, 0.15) is 24.1 Å². The number of rotatable bonds is 3. The molecule has 1 aromatic carbocycles. The second-order valence-corrected chi connectivity index (χ2v) is 5.41. The topological polar surface area (TPSA) is 38.9 Å². The molecule has 6 heteroatoms. The maximum absolute atomic E-state index is 13.1. The average molecular weight is 364 g/mol. The molecule has 0 spiro atoms. The van der Waals surface area contributed by atoms with Crippen LogP contribution < -0.4 is 0 Å². The maximum Gasteiger partial charge on any atom is 0.249 e. The van der Waals surface area contributed by atoms with Crippen LogP contribution >= 0.6 is 31.9 Å². The quantitative estimate of drug-likeness (QED) is 0.754. The number of aromatic nitrogens is 2. The zero-order valence-electron chi connectivity index (χ0n) is 8.95. The molecule has 2 aromatic rings. The van der Waals surface area contributed by atoms with Crippen molar-refractivity contribution in [2.75, 3.05) is 0 Å². The van der Waals surface area contributed by atoms with E-state index in [0.717, 1.165) is 10.9 Å². The summed E-state index contributed by atoms with van der Waals surface area (Å²) in [5.41, 5.74) is 0.555. The lowest BCUT2D eigenvalue weighted by Gasteiger charge is -2.00. The van der Waals surface area contributed by atoms with E-state index in [4.69, 9.17) is 4.42 Å². The SMILES string of the molecule is CCC(Br)c1nnc(-c2cc(F)ccc2Br)o1. The van der Waals surface area contributed by atoms with Gasteiger partial charge in [0.05, 0.1) is 10.4 Å². The van der Waals surface area contributed by atoms with Gasteiger partial charge in [0.1, 0.15) is 5.82 Å². The van der Waals surface area contributed by atoms with Gasteiger partial charge in [0.2, 0.25) is 11.8 Å². The van der Waals surface area contributed by atoms with E-state index in [-0.39, 0.29) is 10.6 Å². The van der Waals surface area contributed by atoms with Crippen LogP contribution in [0, 0.1) is 5.82 Å². The lowest BCUT2D eigenvalue weighted by Crippen LogP contribution is -1.86. The van der Waals surface area contributed by atoms with Crippen molar-refractivity contribution in [1.82, 2.24) is 10.2 Å². The van der Waals surface area contributed by atoms with Gasteiger partial charge in [-0.2, -0.15) is 0 Å². The summed E-state index contributed by atoms with van der Waals surface area (Å²) in [6.45, 7) is 2.00. The molecule has 90 valence electrons. The normalized spacial score (nSPS) is 12.7. The molecular weight excluding hydrogens is 355 g/mol. The Morgan fingerprint density at radius 3 is 2.88 bits per heavy atom. The first-order chi connectivity index (χ1) is 8.11. The zero-order chi connectivity index (χ0) is 12.4. The van der Waals surface area contributed by atoms with Crippen LogP contribution in [0.25, 0.3) is 11.5 Å². The number of nitrogens with zero attached hydrogens (tertiary/aromatic N) is 2. The Morgan fingerprint density at radius 1 is 1.41 bits per heavy atom. The predicted octanol–water partition coefficient (Wildman–Crippen LogP) is 4.48. The van der Waals surface area contributed by atoms with Gasteiger partial charge in [-0.25, -0.2) is 4.39 Å². The van der Waals surface area contributed by atoms with Crippen LogP contribution in [0.15, 0.2) is 27.1 Å². The van der Waals surface area contributed by atoms with E-state index in [1.54, 1.807) is 6.07 Å². The van der Waals surface area contributed by atoms with Crippen molar-refractivity contribution < 1.29 is 8.81 Å². The second kappa shape index (κ2) is 5.27. The summed E-state index contributed by atoms with van der Waals surface area (Å²) >= 11 is 6.75. The maximum atomic E-state index is 13.1. The number of hydrogen-bond acceptors (Lipinski definition) is 3. The van der Waals surface area contributed by atoms with Gasteiger partial charge < -0.3 is 4.42 Å². The molecule has 1 atom stereocenters. The van der Waals surface area contributed by atoms with Gasteiger partial charge in [-0.1, -0.05) is 22.9 Å². The molecular formula is C11H9Br2FN2O. The van der Waals surface area contributed by atoms with Crippen molar-refractivity contribution in [2.24, 2.45) is 0 Å². The fourth-order valence-corrected chi connectivity index (χ4v) is 1.91. The van der Waals surface area contributed by atoms with Gasteiger partial charge in [0, 0.05) is 4.47 Å². The van der Waals surface area contributed by atoms with E-state index in [2.05, 4.69) is 42.1 Å². The van der Waals surface area contributed by atoms with Crippen LogP contribution in [0.5, 0.6) is 0 Å². The largest absolute Gasteiger partial charge is 0.419 e. The standard InChI is InChI=1S/C11H9Br2FN2O/c1-2-8(12)11-16-15-10(17-11)7-5-6(14)3-4-9(7)13/h3-5,8H,2H2,1H3. The van der Waals surface area contributed by atoms with E-state index < -0.39 is 0 Å². The molecule has 0 N–H and O–H groups in total. The van der Waals surface area contributed by atoms with Crippen molar-refractivity contribution >= 4 is 31.9 Å². The molecule has 3 nitrogen and oxygen atoms in total. The number of halogens is 3. The molecule has 0 amide bonds. The van der Waals surface area contributed by atoms with E-state index in [9.17, 15) is 4.39 Å².